The van der Waals surface area contributed by atoms with E-state index in [1.807, 2.05) is 7.05 Å². The van der Waals surface area contributed by atoms with E-state index in [-0.39, 0.29) is 6.04 Å². The van der Waals surface area contributed by atoms with Crippen molar-refractivity contribution in [3.05, 3.63) is 0 Å². The lowest BCUT2D eigenvalue weighted by molar-refractivity contribution is 0.0861. The van der Waals surface area contributed by atoms with Gasteiger partial charge in [-0.15, -0.1) is 0 Å². The highest BCUT2D eigenvalue weighted by atomic mass is 16.4. The molecule has 70 valence electrons. The van der Waals surface area contributed by atoms with Crippen molar-refractivity contribution in [2.24, 2.45) is 5.73 Å². The topological polar surface area (TPSA) is 69.8 Å². The summed E-state index contributed by atoms with van der Waals surface area (Å²) < 4.78 is 0. The van der Waals surface area contributed by atoms with Crippen molar-refractivity contribution in [3.63, 3.8) is 0 Å². The molecular formula is C7H15N3O2. The molecule has 0 radical (unpaired) electrons. The maximum atomic E-state index is 10.6. The van der Waals surface area contributed by atoms with E-state index in [1.54, 1.807) is 0 Å². The van der Waals surface area contributed by atoms with E-state index in [2.05, 4.69) is 4.90 Å². The molecule has 0 spiro atoms. The Bertz CT molecular complexity index is 174. The quantitative estimate of drug-likeness (QED) is 0.547. The molecule has 1 atom stereocenters. The Kier molecular flexibility index (Phi) is 2.88. The van der Waals surface area contributed by atoms with E-state index in [4.69, 9.17) is 10.8 Å². The Hall–Kier alpha value is -0.810. The first-order chi connectivity index (χ1) is 5.65. The summed E-state index contributed by atoms with van der Waals surface area (Å²) in [5.41, 5.74) is 5.49. The van der Waals surface area contributed by atoms with Gasteiger partial charge in [0.2, 0.25) is 0 Å². The number of likely N-dealkylation sites (N-methyl/N-ethyl adjacent to an activating group) is 1. The highest BCUT2D eigenvalue weighted by molar-refractivity contribution is 5.65. The molecule has 5 heteroatoms. The molecule has 5 nitrogen and oxygen atoms in total. The summed E-state index contributed by atoms with van der Waals surface area (Å²) in [6.45, 7) is 2.40. The van der Waals surface area contributed by atoms with Gasteiger partial charge in [0, 0.05) is 32.2 Å². The monoisotopic (exact) mass is 173 g/mol. The van der Waals surface area contributed by atoms with E-state index in [0.717, 1.165) is 6.54 Å². The Morgan fingerprint density at radius 3 is 2.83 bits per heavy atom. The molecule has 1 fully saturated rings. The minimum atomic E-state index is -0.846. The van der Waals surface area contributed by atoms with Crippen LogP contribution in [0.5, 0.6) is 0 Å². The fraction of sp³-hybridized carbons (Fsp3) is 0.857. The van der Waals surface area contributed by atoms with Gasteiger partial charge in [0.25, 0.3) is 0 Å². The molecule has 12 heavy (non-hydrogen) atoms. The van der Waals surface area contributed by atoms with Gasteiger partial charge in [-0.1, -0.05) is 0 Å². The van der Waals surface area contributed by atoms with Crippen LogP contribution < -0.4 is 5.73 Å². The summed E-state index contributed by atoms with van der Waals surface area (Å²) in [6, 6.07) is 0.176. The van der Waals surface area contributed by atoms with Crippen LogP contribution in [0.1, 0.15) is 0 Å². The fourth-order valence-corrected chi connectivity index (χ4v) is 1.37. The van der Waals surface area contributed by atoms with E-state index in [9.17, 15) is 4.79 Å². The second kappa shape index (κ2) is 3.73. The summed E-state index contributed by atoms with van der Waals surface area (Å²) in [5.74, 6) is 0. The molecule has 3 N–H and O–H groups in total. The minimum absolute atomic E-state index is 0.176. The molecule has 1 saturated heterocycles. The number of rotatable bonds is 1. The summed E-state index contributed by atoms with van der Waals surface area (Å²) in [7, 11) is 1.97. The van der Waals surface area contributed by atoms with Crippen LogP contribution >= 0.6 is 0 Å². The molecule has 0 aliphatic carbocycles. The normalized spacial score (nSPS) is 25.8. The number of nitrogens with two attached hydrogens (primary N) is 1. The number of hydrogen-bond donors (Lipinski definition) is 2. The molecule has 1 amide bonds. The van der Waals surface area contributed by atoms with Crippen LogP contribution in [0.25, 0.3) is 0 Å². The van der Waals surface area contributed by atoms with Gasteiger partial charge in [-0.3, -0.25) is 4.90 Å². The van der Waals surface area contributed by atoms with Crippen LogP contribution in [0.4, 0.5) is 4.79 Å². The Morgan fingerprint density at radius 1 is 1.67 bits per heavy atom. The van der Waals surface area contributed by atoms with E-state index < -0.39 is 6.09 Å². The third-order valence-corrected chi connectivity index (χ3v) is 2.32. The predicted molar refractivity (Wildman–Crippen MR) is 45.1 cm³/mol. The molecule has 0 aromatic rings. The van der Waals surface area contributed by atoms with Gasteiger partial charge >= 0.3 is 6.09 Å². The van der Waals surface area contributed by atoms with Crippen LogP contribution in [0, 0.1) is 0 Å². The second-order valence-electron chi connectivity index (χ2n) is 3.10. The van der Waals surface area contributed by atoms with Crippen molar-refractivity contribution in [2.45, 2.75) is 6.04 Å². The van der Waals surface area contributed by atoms with Crippen LogP contribution in [0.3, 0.4) is 0 Å². The largest absolute Gasteiger partial charge is 0.465 e. The molecule has 0 aromatic heterocycles. The first kappa shape index (κ1) is 9.28. The molecule has 1 heterocycles. The van der Waals surface area contributed by atoms with Crippen molar-refractivity contribution in [2.75, 3.05) is 33.2 Å². The molecule has 1 aliphatic rings. The molecule has 0 bridgehead atoms. The zero-order valence-corrected chi connectivity index (χ0v) is 7.23. The highest BCUT2D eigenvalue weighted by Gasteiger charge is 2.25. The summed E-state index contributed by atoms with van der Waals surface area (Å²) >= 11 is 0. The standard InChI is InChI=1S/C7H15N3O2/c1-9-2-3-10(7(11)12)5-6(9)4-8/h6H,2-5,8H2,1H3,(H,11,12). The first-order valence-electron chi connectivity index (χ1n) is 4.03. The third kappa shape index (κ3) is 1.86. The van der Waals surface area contributed by atoms with Crippen molar-refractivity contribution in [3.8, 4) is 0 Å². The smallest absolute Gasteiger partial charge is 0.407 e. The molecule has 1 rings (SSSR count). The molecule has 0 aromatic carbocycles. The number of carbonyl (C=O) groups is 1. The first-order valence-corrected chi connectivity index (χ1v) is 4.03. The highest BCUT2D eigenvalue weighted by Crippen LogP contribution is 2.06. The molecule has 0 saturated carbocycles. The third-order valence-electron chi connectivity index (χ3n) is 2.32. The summed E-state index contributed by atoms with van der Waals surface area (Å²) in [6.07, 6.45) is -0.846. The average molecular weight is 173 g/mol. The van der Waals surface area contributed by atoms with Crippen molar-refractivity contribution in [1.29, 1.82) is 0 Å². The predicted octanol–water partition coefficient (Wildman–Crippen LogP) is -0.761. The lowest BCUT2D eigenvalue weighted by Crippen LogP contribution is -2.55. The van der Waals surface area contributed by atoms with Crippen molar-refractivity contribution >= 4 is 6.09 Å². The Balaban J connectivity index is 2.49. The molecule has 1 aliphatic heterocycles. The van der Waals surface area contributed by atoms with Gasteiger partial charge in [-0.2, -0.15) is 0 Å². The number of hydrogen-bond acceptors (Lipinski definition) is 3. The van der Waals surface area contributed by atoms with Gasteiger partial charge in [0.15, 0.2) is 0 Å². The van der Waals surface area contributed by atoms with E-state index in [0.29, 0.717) is 19.6 Å². The van der Waals surface area contributed by atoms with Gasteiger partial charge in [0.1, 0.15) is 0 Å². The number of amides is 1. The molecule has 1 unspecified atom stereocenters. The Morgan fingerprint density at radius 2 is 2.33 bits per heavy atom. The second-order valence-corrected chi connectivity index (χ2v) is 3.10. The average Bonchev–Trinajstić information content (AvgIpc) is 2.05. The number of carboxylic acid groups (broad SMARTS) is 1. The number of nitrogens with zero attached hydrogens (tertiary/aromatic N) is 2. The van der Waals surface area contributed by atoms with E-state index in [1.165, 1.54) is 4.90 Å². The molecular weight excluding hydrogens is 158 g/mol. The maximum absolute atomic E-state index is 10.6. The van der Waals surface area contributed by atoms with Gasteiger partial charge in [0.05, 0.1) is 0 Å². The van der Waals surface area contributed by atoms with Crippen molar-refractivity contribution in [1.82, 2.24) is 9.80 Å². The van der Waals surface area contributed by atoms with Crippen LogP contribution in [0.2, 0.25) is 0 Å². The summed E-state index contributed by atoms with van der Waals surface area (Å²) in [4.78, 5) is 14.1. The Labute approximate surface area is 71.7 Å². The van der Waals surface area contributed by atoms with Gasteiger partial charge in [-0.25, -0.2) is 4.79 Å². The van der Waals surface area contributed by atoms with Crippen LogP contribution in [0.15, 0.2) is 0 Å². The zero-order chi connectivity index (χ0) is 9.14. The SMILES string of the molecule is CN1CCN(C(=O)O)CC1CN. The summed E-state index contributed by atoms with van der Waals surface area (Å²) in [5, 5.41) is 8.70. The van der Waals surface area contributed by atoms with Gasteiger partial charge in [-0.05, 0) is 7.05 Å². The minimum Gasteiger partial charge on any atom is -0.465 e. The maximum Gasteiger partial charge on any atom is 0.407 e. The van der Waals surface area contributed by atoms with Crippen LogP contribution in [-0.4, -0.2) is 60.3 Å². The lowest BCUT2D eigenvalue weighted by Gasteiger charge is -2.37. The number of piperazine rings is 1. The van der Waals surface area contributed by atoms with Gasteiger partial charge < -0.3 is 15.7 Å². The van der Waals surface area contributed by atoms with Crippen LogP contribution in [-0.2, 0) is 0 Å². The van der Waals surface area contributed by atoms with Crippen molar-refractivity contribution < 1.29 is 9.90 Å². The van der Waals surface area contributed by atoms with E-state index >= 15 is 0 Å². The lowest BCUT2D eigenvalue weighted by atomic mass is 10.2. The zero-order valence-electron chi connectivity index (χ0n) is 7.23. The fourth-order valence-electron chi connectivity index (χ4n) is 1.37.